The van der Waals surface area contributed by atoms with Crippen molar-refractivity contribution in [3.05, 3.63) is 52.7 Å². The third-order valence-electron chi connectivity index (χ3n) is 2.69. The van der Waals surface area contributed by atoms with Crippen LogP contribution in [0.1, 0.15) is 16.1 Å². The fourth-order valence-corrected chi connectivity index (χ4v) is 1.98. The van der Waals surface area contributed by atoms with Crippen LogP contribution in [0.25, 0.3) is 11.3 Å². The fraction of sp³-hybridized carbons (Fsp3) is 0.143. The van der Waals surface area contributed by atoms with Gasteiger partial charge in [-0.1, -0.05) is 41.9 Å². The Balaban J connectivity index is 2.66. The first-order valence-electron chi connectivity index (χ1n) is 5.70. The summed E-state index contributed by atoms with van der Waals surface area (Å²) in [5.41, 5.74) is 7.81. The van der Waals surface area contributed by atoms with E-state index in [1.54, 1.807) is 6.07 Å². The van der Waals surface area contributed by atoms with Gasteiger partial charge in [0.1, 0.15) is 0 Å². The molecule has 2 aromatic rings. The Morgan fingerprint density at radius 2 is 2.05 bits per heavy atom. The van der Waals surface area contributed by atoms with Gasteiger partial charge in [0.15, 0.2) is 0 Å². The molecule has 2 rings (SSSR count). The molecular weight excluding hydrogens is 264 g/mol. The van der Waals surface area contributed by atoms with Gasteiger partial charge in [-0.3, -0.25) is 0 Å². The van der Waals surface area contributed by atoms with Crippen LogP contribution < -0.4 is 5.73 Å². The van der Waals surface area contributed by atoms with Gasteiger partial charge < -0.3 is 10.5 Å². The van der Waals surface area contributed by atoms with E-state index in [4.69, 9.17) is 22.1 Å². The largest absolute Gasteiger partial charge is 0.465 e. The molecule has 0 radical (unpaired) electrons. The highest BCUT2D eigenvalue weighted by Gasteiger charge is 2.17. The van der Waals surface area contributed by atoms with Crippen LogP contribution >= 0.6 is 11.6 Å². The van der Waals surface area contributed by atoms with Crippen molar-refractivity contribution in [3.63, 3.8) is 0 Å². The summed E-state index contributed by atoms with van der Waals surface area (Å²) in [5.74, 6) is -0.475. The minimum absolute atomic E-state index is 0.208. The summed E-state index contributed by atoms with van der Waals surface area (Å²) in [6.07, 6.45) is 0. The molecule has 0 amide bonds. The number of carbonyl (C=O) groups excluding carboxylic acids is 1. The Labute approximate surface area is 116 Å². The van der Waals surface area contributed by atoms with Gasteiger partial charge in [0, 0.05) is 12.1 Å². The first kappa shape index (κ1) is 13.5. The van der Waals surface area contributed by atoms with Crippen LogP contribution in [0.3, 0.4) is 0 Å². The maximum Gasteiger partial charge on any atom is 0.340 e. The lowest BCUT2D eigenvalue weighted by Crippen LogP contribution is -2.09. The maximum absolute atomic E-state index is 11.8. The van der Waals surface area contributed by atoms with Crippen molar-refractivity contribution in [2.45, 2.75) is 6.54 Å². The zero-order valence-electron chi connectivity index (χ0n) is 10.4. The van der Waals surface area contributed by atoms with Crippen molar-refractivity contribution in [2.75, 3.05) is 7.11 Å². The van der Waals surface area contributed by atoms with Gasteiger partial charge in [0.25, 0.3) is 0 Å². The Morgan fingerprint density at radius 1 is 1.37 bits per heavy atom. The van der Waals surface area contributed by atoms with Gasteiger partial charge in [-0.05, 0) is 6.07 Å². The summed E-state index contributed by atoms with van der Waals surface area (Å²) in [6.45, 7) is 0.208. The van der Waals surface area contributed by atoms with E-state index in [1.165, 1.54) is 7.11 Å². The smallest absolute Gasteiger partial charge is 0.340 e. The zero-order chi connectivity index (χ0) is 13.8. The molecule has 4 nitrogen and oxygen atoms in total. The van der Waals surface area contributed by atoms with Crippen molar-refractivity contribution < 1.29 is 9.53 Å². The molecule has 5 heteroatoms. The third-order valence-corrected chi connectivity index (χ3v) is 3.02. The molecule has 0 unspecified atom stereocenters. The Kier molecular flexibility index (Phi) is 4.14. The summed E-state index contributed by atoms with van der Waals surface area (Å²) in [6, 6.07) is 10.9. The summed E-state index contributed by atoms with van der Waals surface area (Å²) < 4.78 is 4.76. The van der Waals surface area contributed by atoms with E-state index >= 15 is 0 Å². The number of nitrogens with two attached hydrogens (primary N) is 1. The average Bonchev–Trinajstić information content (AvgIpc) is 2.47. The van der Waals surface area contributed by atoms with E-state index in [9.17, 15) is 4.79 Å². The van der Waals surface area contributed by atoms with E-state index in [0.717, 1.165) is 5.56 Å². The number of pyridine rings is 1. The highest BCUT2D eigenvalue weighted by Crippen LogP contribution is 2.26. The average molecular weight is 277 g/mol. The van der Waals surface area contributed by atoms with Crippen LogP contribution in [-0.4, -0.2) is 18.1 Å². The number of esters is 1. The topological polar surface area (TPSA) is 65.2 Å². The second-order valence-corrected chi connectivity index (χ2v) is 4.28. The zero-order valence-corrected chi connectivity index (χ0v) is 11.1. The summed E-state index contributed by atoms with van der Waals surface area (Å²) in [7, 11) is 1.32. The van der Waals surface area contributed by atoms with Crippen molar-refractivity contribution in [1.82, 2.24) is 4.98 Å². The second kappa shape index (κ2) is 5.82. The Hall–Kier alpha value is -1.91. The normalized spacial score (nSPS) is 10.3. The van der Waals surface area contributed by atoms with E-state index < -0.39 is 5.97 Å². The van der Waals surface area contributed by atoms with Gasteiger partial charge in [-0.25, -0.2) is 9.78 Å². The molecule has 0 saturated heterocycles. The predicted molar refractivity (Wildman–Crippen MR) is 73.9 cm³/mol. The highest BCUT2D eigenvalue weighted by atomic mass is 35.5. The molecule has 0 aliphatic carbocycles. The second-order valence-electron chi connectivity index (χ2n) is 3.87. The number of methoxy groups -OCH3 is 1. The number of rotatable bonds is 3. The van der Waals surface area contributed by atoms with E-state index in [2.05, 4.69) is 4.98 Å². The van der Waals surface area contributed by atoms with E-state index in [-0.39, 0.29) is 6.54 Å². The molecule has 0 fully saturated rings. The van der Waals surface area contributed by atoms with Crippen molar-refractivity contribution in [3.8, 4) is 11.3 Å². The van der Waals surface area contributed by atoms with Gasteiger partial charge in [-0.2, -0.15) is 0 Å². The van der Waals surface area contributed by atoms with Gasteiger partial charge in [0.2, 0.25) is 0 Å². The number of hydrogen-bond acceptors (Lipinski definition) is 4. The van der Waals surface area contributed by atoms with Crippen LogP contribution in [0, 0.1) is 0 Å². The lowest BCUT2D eigenvalue weighted by Gasteiger charge is -2.10. The number of halogens is 1. The monoisotopic (exact) mass is 276 g/mol. The Bertz CT molecular complexity index is 600. The number of hydrogen-bond donors (Lipinski definition) is 1. The number of carbonyl (C=O) groups is 1. The summed E-state index contributed by atoms with van der Waals surface area (Å²) in [4.78, 5) is 16.2. The van der Waals surface area contributed by atoms with Gasteiger partial charge >= 0.3 is 5.97 Å². The quantitative estimate of drug-likeness (QED) is 0.875. The molecule has 19 heavy (non-hydrogen) atoms. The fourth-order valence-electron chi connectivity index (χ4n) is 1.75. The van der Waals surface area contributed by atoms with Crippen LogP contribution in [0.4, 0.5) is 0 Å². The SMILES string of the molecule is COC(=O)c1cc(Cl)c(CN)nc1-c1ccccc1. The first-order chi connectivity index (χ1) is 9.17. The standard InChI is InChI=1S/C14H13ClN2O2/c1-19-14(18)10-7-11(15)12(8-16)17-13(10)9-5-3-2-4-6-9/h2-7H,8,16H2,1H3. The van der Waals surface area contributed by atoms with Crippen LogP contribution in [0.5, 0.6) is 0 Å². The number of benzene rings is 1. The van der Waals surface area contributed by atoms with Crippen molar-refractivity contribution >= 4 is 17.6 Å². The van der Waals surface area contributed by atoms with Gasteiger partial charge in [0.05, 0.1) is 29.1 Å². The summed E-state index contributed by atoms with van der Waals surface area (Å²) in [5, 5.41) is 0.364. The van der Waals surface area contributed by atoms with Crippen LogP contribution in [-0.2, 0) is 11.3 Å². The highest BCUT2D eigenvalue weighted by molar-refractivity contribution is 6.31. The number of nitrogens with zero attached hydrogens (tertiary/aromatic N) is 1. The molecular formula is C14H13ClN2O2. The molecule has 0 atom stereocenters. The maximum atomic E-state index is 11.8. The molecule has 0 saturated carbocycles. The lowest BCUT2D eigenvalue weighted by molar-refractivity contribution is 0.0601. The molecule has 0 aliphatic rings. The molecule has 1 aromatic carbocycles. The predicted octanol–water partition coefficient (Wildman–Crippen LogP) is 2.65. The lowest BCUT2D eigenvalue weighted by atomic mass is 10.1. The molecule has 0 spiro atoms. The molecule has 0 aliphatic heterocycles. The number of aromatic nitrogens is 1. The molecule has 1 aromatic heterocycles. The third kappa shape index (κ3) is 2.75. The van der Waals surface area contributed by atoms with Crippen molar-refractivity contribution in [2.24, 2.45) is 5.73 Å². The molecule has 2 N–H and O–H groups in total. The van der Waals surface area contributed by atoms with Gasteiger partial charge in [-0.15, -0.1) is 0 Å². The van der Waals surface area contributed by atoms with Crippen LogP contribution in [0.2, 0.25) is 5.02 Å². The molecule has 1 heterocycles. The van der Waals surface area contributed by atoms with Crippen molar-refractivity contribution in [1.29, 1.82) is 0 Å². The molecule has 98 valence electrons. The Morgan fingerprint density at radius 3 is 2.63 bits per heavy atom. The minimum Gasteiger partial charge on any atom is -0.465 e. The van der Waals surface area contributed by atoms with E-state index in [0.29, 0.717) is 22.0 Å². The molecule has 0 bridgehead atoms. The minimum atomic E-state index is -0.475. The number of ether oxygens (including phenoxy) is 1. The first-order valence-corrected chi connectivity index (χ1v) is 6.08. The summed E-state index contributed by atoms with van der Waals surface area (Å²) >= 11 is 6.04. The van der Waals surface area contributed by atoms with E-state index in [1.807, 2.05) is 30.3 Å². The van der Waals surface area contributed by atoms with Crippen LogP contribution in [0.15, 0.2) is 36.4 Å².